The monoisotopic (exact) mass is 289 g/mol. The highest BCUT2D eigenvalue weighted by Gasteiger charge is 2.26. The van der Waals surface area contributed by atoms with Gasteiger partial charge in [-0.2, -0.15) is 0 Å². The van der Waals surface area contributed by atoms with Crippen molar-refractivity contribution in [1.82, 2.24) is 0 Å². The summed E-state index contributed by atoms with van der Waals surface area (Å²) in [6.45, 7) is -0.879. The van der Waals surface area contributed by atoms with E-state index < -0.39 is 41.2 Å². The molecule has 20 heavy (non-hydrogen) atoms. The molecule has 0 radical (unpaired) electrons. The van der Waals surface area contributed by atoms with E-state index >= 15 is 0 Å². The summed E-state index contributed by atoms with van der Waals surface area (Å²) in [6, 6.07) is 7.53. The summed E-state index contributed by atoms with van der Waals surface area (Å²) in [5, 5.41) is 10.0. The first-order valence-electron chi connectivity index (χ1n) is 5.45. The lowest BCUT2D eigenvalue weighted by molar-refractivity contribution is 0.243. The first-order valence-corrected chi connectivity index (χ1v) is 5.45. The van der Waals surface area contributed by atoms with E-state index in [0.29, 0.717) is 5.06 Å². The van der Waals surface area contributed by atoms with E-state index in [1.54, 1.807) is 6.07 Å². The van der Waals surface area contributed by atoms with Crippen molar-refractivity contribution in [2.75, 3.05) is 5.06 Å². The van der Waals surface area contributed by atoms with Crippen LogP contribution in [0.5, 0.6) is 0 Å². The molecule has 2 rings (SSSR count). The fourth-order valence-electron chi connectivity index (χ4n) is 1.63. The van der Waals surface area contributed by atoms with Crippen molar-refractivity contribution >= 4 is 5.69 Å². The van der Waals surface area contributed by atoms with Gasteiger partial charge in [-0.05, 0) is 12.1 Å². The van der Waals surface area contributed by atoms with Crippen LogP contribution in [0.1, 0.15) is 5.56 Å². The van der Waals surface area contributed by atoms with E-state index in [4.69, 9.17) is 0 Å². The van der Waals surface area contributed by atoms with E-state index in [1.165, 1.54) is 24.3 Å². The third kappa shape index (κ3) is 2.44. The zero-order valence-corrected chi connectivity index (χ0v) is 9.88. The molecule has 0 spiro atoms. The molecule has 0 heterocycles. The van der Waals surface area contributed by atoms with E-state index in [1.807, 2.05) is 0 Å². The first-order chi connectivity index (χ1) is 9.43. The Morgan fingerprint density at radius 2 is 1.20 bits per heavy atom. The molecule has 2 nitrogen and oxygen atoms in total. The Hall–Kier alpha value is -2.15. The smallest absolute Gasteiger partial charge is 0.200 e. The molecule has 0 atom stereocenters. The lowest BCUT2D eigenvalue weighted by Crippen LogP contribution is -2.21. The number of hydrogen-bond donors (Lipinski definition) is 1. The maximum Gasteiger partial charge on any atom is 0.200 e. The first kappa shape index (κ1) is 14.3. The molecular formula is C13H8F5NO. The molecule has 0 aromatic heterocycles. The second-order valence-electron chi connectivity index (χ2n) is 3.94. The molecule has 0 saturated heterocycles. The third-order valence-corrected chi connectivity index (χ3v) is 2.66. The second kappa shape index (κ2) is 5.46. The standard InChI is InChI=1S/C13H8F5NO/c14-9-8(10(15)12(17)13(18)11(9)16)6-19(20)7-4-2-1-3-5-7/h1-5,20H,6H2. The van der Waals surface area contributed by atoms with Crippen LogP contribution in [0, 0.1) is 29.1 Å². The van der Waals surface area contributed by atoms with Gasteiger partial charge >= 0.3 is 0 Å². The Kier molecular flexibility index (Phi) is 3.89. The van der Waals surface area contributed by atoms with Gasteiger partial charge in [0.1, 0.15) is 0 Å². The molecule has 0 aliphatic rings. The van der Waals surface area contributed by atoms with E-state index in [0.717, 1.165) is 0 Å². The molecule has 106 valence electrons. The zero-order valence-electron chi connectivity index (χ0n) is 9.88. The van der Waals surface area contributed by atoms with Crippen LogP contribution < -0.4 is 5.06 Å². The van der Waals surface area contributed by atoms with Gasteiger partial charge in [0.05, 0.1) is 17.8 Å². The largest absolute Gasteiger partial charge is 0.288 e. The summed E-state index contributed by atoms with van der Waals surface area (Å²) in [5.74, 6) is -10.2. The van der Waals surface area contributed by atoms with E-state index in [9.17, 15) is 27.2 Å². The number of para-hydroxylation sites is 1. The molecule has 1 N–H and O–H groups in total. The average Bonchev–Trinajstić information content (AvgIpc) is 2.48. The highest BCUT2D eigenvalue weighted by Crippen LogP contribution is 2.25. The summed E-state index contributed by atoms with van der Waals surface area (Å²) in [6.07, 6.45) is 0. The van der Waals surface area contributed by atoms with Crippen LogP contribution in [-0.4, -0.2) is 5.21 Å². The van der Waals surface area contributed by atoms with Gasteiger partial charge in [-0.1, -0.05) is 18.2 Å². The Bertz CT molecular complexity index is 603. The van der Waals surface area contributed by atoms with Crippen molar-refractivity contribution in [3.05, 3.63) is 65.0 Å². The molecule has 0 bridgehead atoms. The maximum atomic E-state index is 13.4. The fraction of sp³-hybridized carbons (Fsp3) is 0.0769. The quantitative estimate of drug-likeness (QED) is 0.402. The van der Waals surface area contributed by atoms with Gasteiger partial charge in [-0.25, -0.2) is 22.0 Å². The predicted octanol–water partition coefficient (Wildman–Crippen LogP) is 3.78. The number of halogens is 5. The predicted molar refractivity (Wildman–Crippen MR) is 60.6 cm³/mol. The van der Waals surface area contributed by atoms with Crippen LogP contribution in [0.4, 0.5) is 27.6 Å². The number of hydroxylamine groups is 1. The highest BCUT2D eigenvalue weighted by atomic mass is 19.2. The molecule has 2 aromatic carbocycles. The lowest BCUT2D eigenvalue weighted by Gasteiger charge is -2.18. The van der Waals surface area contributed by atoms with Gasteiger partial charge in [-0.3, -0.25) is 10.3 Å². The number of anilines is 1. The molecule has 0 fully saturated rings. The van der Waals surface area contributed by atoms with Crippen LogP contribution in [0.3, 0.4) is 0 Å². The van der Waals surface area contributed by atoms with Crippen molar-refractivity contribution in [3.8, 4) is 0 Å². The van der Waals surface area contributed by atoms with Crippen LogP contribution in [0.25, 0.3) is 0 Å². The van der Waals surface area contributed by atoms with Crippen molar-refractivity contribution in [2.24, 2.45) is 0 Å². The number of nitrogens with zero attached hydrogens (tertiary/aromatic N) is 1. The summed E-state index contributed by atoms with van der Waals surface area (Å²) in [5.41, 5.74) is -0.954. The molecule has 0 unspecified atom stereocenters. The lowest BCUT2D eigenvalue weighted by atomic mass is 10.1. The summed E-state index contributed by atoms with van der Waals surface area (Å²) in [4.78, 5) is 0. The minimum atomic E-state index is -2.23. The number of hydrogen-bond acceptors (Lipinski definition) is 2. The Labute approximate surface area is 110 Å². The highest BCUT2D eigenvalue weighted by molar-refractivity contribution is 5.44. The van der Waals surface area contributed by atoms with Crippen LogP contribution in [0.15, 0.2) is 30.3 Å². The fourth-order valence-corrected chi connectivity index (χ4v) is 1.63. The molecule has 0 aliphatic carbocycles. The molecule has 2 aromatic rings. The van der Waals surface area contributed by atoms with Gasteiger partial charge in [0, 0.05) is 0 Å². The van der Waals surface area contributed by atoms with Crippen molar-refractivity contribution in [2.45, 2.75) is 6.54 Å². The van der Waals surface area contributed by atoms with E-state index in [-0.39, 0.29) is 5.69 Å². The Balaban J connectivity index is 2.40. The normalized spacial score (nSPS) is 10.7. The Morgan fingerprint density at radius 1 is 0.750 bits per heavy atom. The maximum absolute atomic E-state index is 13.4. The number of benzene rings is 2. The van der Waals surface area contributed by atoms with Crippen molar-refractivity contribution in [1.29, 1.82) is 0 Å². The topological polar surface area (TPSA) is 23.5 Å². The minimum Gasteiger partial charge on any atom is -0.288 e. The van der Waals surface area contributed by atoms with Gasteiger partial charge in [0.25, 0.3) is 0 Å². The minimum absolute atomic E-state index is 0.149. The van der Waals surface area contributed by atoms with Crippen LogP contribution in [0.2, 0.25) is 0 Å². The van der Waals surface area contributed by atoms with Crippen LogP contribution >= 0.6 is 0 Å². The Morgan fingerprint density at radius 3 is 1.70 bits per heavy atom. The van der Waals surface area contributed by atoms with Crippen molar-refractivity contribution < 1.29 is 27.2 Å². The van der Waals surface area contributed by atoms with E-state index in [2.05, 4.69) is 0 Å². The molecule has 0 amide bonds. The number of rotatable bonds is 3. The summed E-state index contributed by atoms with van der Waals surface area (Å²) in [7, 11) is 0. The molecule has 0 aliphatic heterocycles. The SMILES string of the molecule is ON(Cc1c(F)c(F)c(F)c(F)c1F)c1ccccc1. The van der Waals surface area contributed by atoms with Gasteiger partial charge in [0.2, 0.25) is 5.82 Å². The molecular weight excluding hydrogens is 281 g/mol. The zero-order chi connectivity index (χ0) is 14.9. The average molecular weight is 289 g/mol. The van der Waals surface area contributed by atoms with Crippen LogP contribution in [-0.2, 0) is 6.54 Å². The van der Waals surface area contributed by atoms with Gasteiger partial charge in [-0.15, -0.1) is 0 Å². The van der Waals surface area contributed by atoms with Gasteiger partial charge in [0.15, 0.2) is 23.3 Å². The second-order valence-corrected chi connectivity index (χ2v) is 3.94. The molecule has 0 saturated carbocycles. The molecule has 7 heteroatoms. The van der Waals surface area contributed by atoms with Crippen molar-refractivity contribution in [3.63, 3.8) is 0 Å². The van der Waals surface area contributed by atoms with Gasteiger partial charge < -0.3 is 0 Å². The third-order valence-electron chi connectivity index (χ3n) is 2.66. The summed E-state index contributed by atoms with van der Waals surface area (Å²) < 4.78 is 65.7. The summed E-state index contributed by atoms with van der Waals surface area (Å²) >= 11 is 0.